The topological polar surface area (TPSA) is 80.8 Å². The highest BCUT2D eigenvalue weighted by atomic mass is 35.5. The van der Waals surface area contributed by atoms with E-state index < -0.39 is 0 Å². The van der Waals surface area contributed by atoms with E-state index in [2.05, 4.69) is 0 Å². The lowest BCUT2D eigenvalue weighted by atomic mass is 10.1. The quantitative estimate of drug-likeness (QED) is 0.350. The van der Waals surface area contributed by atoms with Gasteiger partial charge in [-0.25, -0.2) is 0 Å². The Morgan fingerprint density at radius 3 is 2.09 bits per heavy atom. The summed E-state index contributed by atoms with van der Waals surface area (Å²) in [5, 5.41) is 12.4. The number of aryl methyl sites for hydroxylation is 2. The number of benzene rings is 2. The molecule has 10 heteroatoms. The molecule has 1 saturated heterocycles. The first-order valence-electron chi connectivity index (χ1n) is 10.7. The molecule has 0 atom stereocenters. The third kappa shape index (κ3) is 4.43. The van der Waals surface area contributed by atoms with Gasteiger partial charge in [-0.3, -0.25) is 14.9 Å². The highest BCUT2D eigenvalue weighted by molar-refractivity contribution is 6.37. The van der Waals surface area contributed by atoms with Gasteiger partial charge in [0, 0.05) is 49.2 Å². The summed E-state index contributed by atoms with van der Waals surface area (Å²) in [6.45, 7) is 5.68. The first-order chi connectivity index (χ1) is 16.2. The highest BCUT2D eigenvalue weighted by Crippen LogP contribution is 2.35. The Labute approximate surface area is 207 Å². The van der Waals surface area contributed by atoms with Gasteiger partial charge in [0.2, 0.25) is 0 Å². The minimum Gasteiger partial charge on any atom is -0.494 e. The number of methoxy groups -OCH3 is 1. The lowest BCUT2D eigenvalue weighted by molar-refractivity contribution is -0.384. The van der Waals surface area contributed by atoms with Gasteiger partial charge in [-0.2, -0.15) is 0 Å². The summed E-state index contributed by atoms with van der Waals surface area (Å²) in [6.07, 6.45) is 0. The minimum absolute atomic E-state index is 0.0403. The van der Waals surface area contributed by atoms with E-state index in [0.29, 0.717) is 43.2 Å². The zero-order valence-corrected chi connectivity index (χ0v) is 20.6. The van der Waals surface area contributed by atoms with Gasteiger partial charge in [-0.1, -0.05) is 23.2 Å². The molecule has 0 radical (unpaired) electrons. The number of hydrogen-bond acceptors (Lipinski definition) is 5. The molecule has 4 rings (SSSR count). The Morgan fingerprint density at radius 2 is 1.56 bits per heavy atom. The Balaban J connectivity index is 1.53. The number of amides is 1. The average Bonchev–Trinajstić information content (AvgIpc) is 3.16. The number of anilines is 1. The first-order valence-corrected chi connectivity index (χ1v) is 11.5. The van der Waals surface area contributed by atoms with Gasteiger partial charge in [-0.05, 0) is 50.2 Å². The molecule has 1 aliphatic heterocycles. The summed E-state index contributed by atoms with van der Waals surface area (Å²) < 4.78 is 7.13. The molecular weight excluding hydrogens is 479 g/mol. The summed E-state index contributed by atoms with van der Waals surface area (Å²) in [6, 6.07) is 12.3. The molecule has 0 N–H and O–H groups in total. The predicted octanol–water partition coefficient (Wildman–Crippen LogP) is 5.28. The largest absolute Gasteiger partial charge is 0.494 e. The number of carbonyl (C=O) groups excluding carboxylic acids is 1. The van der Waals surface area contributed by atoms with Crippen molar-refractivity contribution in [1.29, 1.82) is 0 Å². The van der Waals surface area contributed by atoms with Crippen molar-refractivity contribution in [3.63, 3.8) is 0 Å². The van der Waals surface area contributed by atoms with Gasteiger partial charge < -0.3 is 19.1 Å². The summed E-state index contributed by atoms with van der Waals surface area (Å²) in [5.41, 5.74) is 3.71. The highest BCUT2D eigenvalue weighted by Gasteiger charge is 2.27. The molecule has 1 aliphatic rings. The van der Waals surface area contributed by atoms with Crippen LogP contribution in [0.25, 0.3) is 5.69 Å². The number of nitrogens with zero attached hydrogens (tertiary/aromatic N) is 4. The number of ether oxygens (including phenoxy) is 1. The molecule has 1 aromatic heterocycles. The maximum Gasteiger partial charge on any atom is 0.294 e. The fourth-order valence-corrected chi connectivity index (χ4v) is 4.99. The van der Waals surface area contributed by atoms with Gasteiger partial charge in [-0.15, -0.1) is 0 Å². The van der Waals surface area contributed by atoms with Crippen molar-refractivity contribution in [3.8, 4) is 11.4 Å². The summed E-state index contributed by atoms with van der Waals surface area (Å²) in [5.74, 6) is 0.125. The minimum atomic E-state index is -0.355. The molecule has 34 heavy (non-hydrogen) atoms. The zero-order chi connectivity index (χ0) is 24.6. The number of hydrogen-bond donors (Lipinski definition) is 0. The third-order valence-electron chi connectivity index (χ3n) is 6.04. The monoisotopic (exact) mass is 502 g/mol. The van der Waals surface area contributed by atoms with Crippen LogP contribution in [-0.2, 0) is 0 Å². The van der Waals surface area contributed by atoms with Crippen LogP contribution in [0.15, 0.2) is 42.5 Å². The smallest absolute Gasteiger partial charge is 0.294 e. The molecule has 0 spiro atoms. The molecule has 2 aromatic carbocycles. The van der Waals surface area contributed by atoms with Crippen LogP contribution >= 0.6 is 23.2 Å². The molecule has 1 fully saturated rings. The lowest BCUT2D eigenvalue weighted by Crippen LogP contribution is -2.49. The number of aromatic nitrogens is 1. The average molecular weight is 503 g/mol. The van der Waals surface area contributed by atoms with E-state index in [0.717, 1.165) is 17.1 Å². The van der Waals surface area contributed by atoms with E-state index in [1.807, 2.05) is 41.5 Å². The Kier molecular flexibility index (Phi) is 6.72. The van der Waals surface area contributed by atoms with Crippen molar-refractivity contribution in [1.82, 2.24) is 9.47 Å². The van der Waals surface area contributed by atoms with Gasteiger partial charge in [0.25, 0.3) is 11.6 Å². The maximum atomic E-state index is 13.0. The van der Waals surface area contributed by atoms with Gasteiger partial charge in [0.15, 0.2) is 5.75 Å². The Bertz CT molecular complexity index is 1220. The molecule has 3 aromatic rings. The first kappa shape index (κ1) is 23.9. The summed E-state index contributed by atoms with van der Waals surface area (Å²) in [7, 11) is 1.46. The van der Waals surface area contributed by atoms with Crippen LogP contribution in [0.4, 0.5) is 11.4 Å². The molecule has 0 bridgehead atoms. The fraction of sp³-hybridized carbons (Fsp3) is 0.292. The molecule has 178 valence electrons. The van der Waals surface area contributed by atoms with Crippen LogP contribution in [0.5, 0.6) is 5.75 Å². The number of halogens is 2. The van der Waals surface area contributed by atoms with E-state index in [-0.39, 0.29) is 26.6 Å². The number of carbonyl (C=O) groups is 1. The van der Waals surface area contributed by atoms with Crippen LogP contribution < -0.4 is 9.64 Å². The van der Waals surface area contributed by atoms with Crippen LogP contribution in [-0.4, -0.2) is 53.6 Å². The Hall–Kier alpha value is -3.23. The van der Waals surface area contributed by atoms with Crippen molar-refractivity contribution in [3.05, 3.63) is 79.6 Å². The summed E-state index contributed by atoms with van der Waals surface area (Å²) in [4.78, 5) is 28.2. The van der Waals surface area contributed by atoms with E-state index in [9.17, 15) is 14.9 Å². The van der Waals surface area contributed by atoms with Crippen LogP contribution in [0.1, 0.15) is 21.7 Å². The van der Waals surface area contributed by atoms with Gasteiger partial charge in [0.1, 0.15) is 5.69 Å². The molecule has 2 heterocycles. The molecule has 0 unspecified atom stereocenters. The van der Waals surface area contributed by atoms with E-state index in [1.54, 1.807) is 17.0 Å². The number of rotatable bonds is 5. The molecule has 8 nitrogen and oxygen atoms in total. The summed E-state index contributed by atoms with van der Waals surface area (Å²) >= 11 is 12.4. The van der Waals surface area contributed by atoms with Crippen LogP contribution in [0.2, 0.25) is 10.0 Å². The molecular formula is C24H24Cl2N4O4. The SMILES string of the molecule is COc1c(Cl)cc(C(=O)N2CCN(c3ccc(-n4c(C)ccc4C)cc3[N+](=O)[O-])CC2)cc1Cl. The number of piperazine rings is 1. The maximum absolute atomic E-state index is 13.0. The predicted molar refractivity (Wildman–Crippen MR) is 133 cm³/mol. The van der Waals surface area contributed by atoms with Crippen molar-refractivity contribution in [2.45, 2.75) is 13.8 Å². The van der Waals surface area contributed by atoms with E-state index >= 15 is 0 Å². The second-order valence-corrected chi connectivity index (χ2v) is 8.95. The number of nitro benzene ring substituents is 1. The van der Waals surface area contributed by atoms with Crippen molar-refractivity contribution < 1.29 is 14.5 Å². The third-order valence-corrected chi connectivity index (χ3v) is 6.60. The van der Waals surface area contributed by atoms with Gasteiger partial charge >= 0.3 is 0 Å². The molecule has 0 saturated carbocycles. The second kappa shape index (κ2) is 9.56. The van der Waals surface area contributed by atoms with Crippen LogP contribution in [0.3, 0.4) is 0 Å². The number of nitro groups is 1. The fourth-order valence-electron chi connectivity index (χ4n) is 4.35. The zero-order valence-electron chi connectivity index (χ0n) is 19.0. The van der Waals surface area contributed by atoms with E-state index in [1.165, 1.54) is 19.2 Å². The molecule has 1 amide bonds. The molecule has 0 aliphatic carbocycles. The van der Waals surface area contributed by atoms with Crippen molar-refractivity contribution in [2.24, 2.45) is 0 Å². The van der Waals surface area contributed by atoms with Crippen molar-refractivity contribution >= 4 is 40.5 Å². The van der Waals surface area contributed by atoms with Gasteiger partial charge in [0.05, 0.1) is 27.8 Å². The Morgan fingerprint density at radius 1 is 0.971 bits per heavy atom. The normalized spacial score (nSPS) is 13.8. The lowest BCUT2D eigenvalue weighted by Gasteiger charge is -2.36. The van der Waals surface area contributed by atoms with Crippen LogP contribution in [0, 0.1) is 24.0 Å². The van der Waals surface area contributed by atoms with Crippen molar-refractivity contribution in [2.75, 3.05) is 38.2 Å². The standard InChI is InChI=1S/C24H24Cl2N4O4/c1-15-4-5-16(2)29(15)18-6-7-21(22(14-18)30(32)33)27-8-10-28(11-9-27)24(31)17-12-19(25)23(34-3)20(26)13-17/h4-7,12-14H,8-11H2,1-3H3. The van der Waals surface area contributed by atoms with E-state index in [4.69, 9.17) is 27.9 Å². The second-order valence-electron chi connectivity index (χ2n) is 8.13.